The molecule has 3 nitrogen and oxygen atoms in total. The molecule has 0 bridgehead atoms. The van der Waals surface area contributed by atoms with Crippen molar-refractivity contribution in [3.63, 3.8) is 0 Å². The zero-order chi connectivity index (χ0) is 14.2. The van der Waals surface area contributed by atoms with Gasteiger partial charge in [0.05, 0.1) is 5.56 Å². The van der Waals surface area contributed by atoms with Crippen LogP contribution in [0, 0.1) is 11.3 Å². The van der Waals surface area contributed by atoms with Gasteiger partial charge in [0.25, 0.3) is 5.91 Å². The Kier molecular flexibility index (Phi) is 3.77. The fourth-order valence-electron chi connectivity index (χ4n) is 2.55. The first kappa shape index (κ1) is 14.2. The van der Waals surface area contributed by atoms with E-state index in [0.717, 1.165) is 19.5 Å². The van der Waals surface area contributed by atoms with Crippen molar-refractivity contribution in [3.8, 4) is 0 Å². The SMILES string of the molecule is CC(C)(C)C1CCN(C(=O)c2ccc(Cl)cc2N)C1. The van der Waals surface area contributed by atoms with Gasteiger partial charge in [-0.15, -0.1) is 0 Å². The van der Waals surface area contributed by atoms with E-state index < -0.39 is 0 Å². The van der Waals surface area contributed by atoms with Crippen molar-refractivity contribution in [1.82, 2.24) is 4.90 Å². The monoisotopic (exact) mass is 280 g/mol. The highest BCUT2D eigenvalue weighted by atomic mass is 35.5. The maximum atomic E-state index is 12.5. The van der Waals surface area contributed by atoms with E-state index in [0.29, 0.717) is 22.2 Å². The topological polar surface area (TPSA) is 46.3 Å². The Hall–Kier alpha value is -1.22. The van der Waals surface area contributed by atoms with E-state index in [1.54, 1.807) is 18.2 Å². The summed E-state index contributed by atoms with van der Waals surface area (Å²) in [5, 5.41) is 0.558. The Morgan fingerprint density at radius 3 is 2.63 bits per heavy atom. The lowest BCUT2D eigenvalue weighted by molar-refractivity contribution is 0.0777. The first-order chi connectivity index (χ1) is 8.79. The molecule has 0 radical (unpaired) electrons. The van der Waals surface area contributed by atoms with Crippen LogP contribution < -0.4 is 5.73 Å². The number of likely N-dealkylation sites (tertiary alicyclic amines) is 1. The predicted molar refractivity (Wildman–Crippen MR) is 79.3 cm³/mol. The number of nitrogen functional groups attached to an aromatic ring is 1. The van der Waals surface area contributed by atoms with E-state index in [4.69, 9.17) is 17.3 Å². The molecule has 2 N–H and O–H groups in total. The van der Waals surface area contributed by atoms with Gasteiger partial charge in [0.2, 0.25) is 0 Å². The normalized spacial score (nSPS) is 19.8. The van der Waals surface area contributed by atoms with E-state index in [9.17, 15) is 4.79 Å². The van der Waals surface area contributed by atoms with Gasteiger partial charge in [-0.1, -0.05) is 32.4 Å². The Morgan fingerprint density at radius 1 is 1.42 bits per heavy atom. The van der Waals surface area contributed by atoms with Crippen LogP contribution in [0.4, 0.5) is 5.69 Å². The average molecular weight is 281 g/mol. The van der Waals surface area contributed by atoms with Crippen LogP contribution in [0.3, 0.4) is 0 Å². The van der Waals surface area contributed by atoms with E-state index in [-0.39, 0.29) is 11.3 Å². The van der Waals surface area contributed by atoms with Gasteiger partial charge in [0.15, 0.2) is 0 Å². The van der Waals surface area contributed by atoms with E-state index in [1.807, 2.05) is 4.90 Å². The summed E-state index contributed by atoms with van der Waals surface area (Å²) < 4.78 is 0. The molecule has 1 aromatic rings. The first-order valence-electron chi connectivity index (χ1n) is 6.63. The van der Waals surface area contributed by atoms with Crippen LogP contribution in [0.2, 0.25) is 5.02 Å². The van der Waals surface area contributed by atoms with E-state index in [2.05, 4.69) is 20.8 Å². The lowest BCUT2D eigenvalue weighted by Gasteiger charge is -2.27. The fraction of sp³-hybridized carbons (Fsp3) is 0.533. The average Bonchev–Trinajstić information content (AvgIpc) is 2.76. The number of carbonyl (C=O) groups is 1. The molecule has 1 aromatic carbocycles. The molecule has 1 amide bonds. The summed E-state index contributed by atoms with van der Waals surface area (Å²) in [6.45, 7) is 8.29. The quantitative estimate of drug-likeness (QED) is 0.801. The summed E-state index contributed by atoms with van der Waals surface area (Å²) in [4.78, 5) is 14.4. The van der Waals surface area contributed by atoms with Crippen molar-refractivity contribution in [2.45, 2.75) is 27.2 Å². The summed E-state index contributed by atoms with van der Waals surface area (Å²) in [6, 6.07) is 5.05. The second-order valence-electron chi connectivity index (χ2n) is 6.33. The van der Waals surface area contributed by atoms with Crippen LogP contribution in [0.5, 0.6) is 0 Å². The Balaban J connectivity index is 2.14. The van der Waals surface area contributed by atoms with Crippen LogP contribution >= 0.6 is 11.6 Å². The molecule has 0 saturated carbocycles. The zero-order valence-electron chi connectivity index (χ0n) is 11.7. The third kappa shape index (κ3) is 3.03. The minimum absolute atomic E-state index is 0.0147. The third-order valence-corrected chi connectivity index (χ3v) is 4.18. The molecule has 2 rings (SSSR count). The number of hydrogen-bond acceptors (Lipinski definition) is 2. The number of nitrogens with zero attached hydrogens (tertiary/aromatic N) is 1. The van der Waals surface area contributed by atoms with Gasteiger partial charge in [-0.2, -0.15) is 0 Å². The van der Waals surface area contributed by atoms with Gasteiger partial charge in [-0.3, -0.25) is 4.79 Å². The van der Waals surface area contributed by atoms with Crippen LogP contribution in [0.1, 0.15) is 37.6 Å². The highest BCUT2D eigenvalue weighted by molar-refractivity contribution is 6.31. The molecule has 1 aliphatic rings. The van der Waals surface area contributed by atoms with Crippen molar-refractivity contribution in [2.75, 3.05) is 18.8 Å². The summed E-state index contributed by atoms with van der Waals surface area (Å²) >= 11 is 5.86. The fourth-order valence-corrected chi connectivity index (χ4v) is 2.73. The van der Waals surface area contributed by atoms with E-state index >= 15 is 0 Å². The van der Waals surface area contributed by atoms with Gasteiger partial charge < -0.3 is 10.6 Å². The van der Waals surface area contributed by atoms with Crippen molar-refractivity contribution >= 4 is 23.2 Å². The molecular formula is C15H21ClN2O. The number of nitrogens with two attached hydrogens (primary N) is 1. The van der Waals surface area contributed by atoms with Crippen LogP contribution in [0.25, 0.3) is 0 Å². The highest BCUT2D eigenvalue weighted by Gasteiger charge is 2.34. The number of anilines is 1. The molecule has 0 spiro atoms. The van der Waals surface area contributed by atoms with Crippen LogP contribution in [0.15, 0.2) is 18.2 Å². The molecule has 19 heavy (non-hydrogen) atoms. The van der Waals surface area contributed by atoms with Gasteiger partial charge in [0.1, 0.15) is 0 Å². The molecule has 1 unspecified atom stereocenters. The molecule has 1 saturated heterocycles. The van der Waals surface area contributed by atoms with Gasteiger partial charge >= 0.3 is 0 Å². The molecule has 1 aliphatic heterocycles. The highest BCUT2D eigenvalue weighted by Crippen LogP contribution is 2.34. The first-order valence-corrected chi connectivity index (χ1v) is 7.01. The standard InChI is InChI=1S/C15H21ClN2O/c1-15(2,3)10-6-7-18(9-10)14(19)12-5-4-11(16)8-13(12)17/h4-5,8,10H,6-7,9,17H2,1-3H3. The number of amides is 1. The second-order valence-corrected chi connectivity index (χ2v) is 6.77. The largest absolute Gasteiger partial charge is 0.398 e. The number of rotatable bonds is 1. The number of benzene rings is 1. The molecule has 0 aliphatic carbocycles. The molecular weight excluding hydrogens is 260 g/mol. The molecule has 1 atom stereocenters. The minimum Gasteiger partial charge on any atom is -0.398 e. The second kappa shape index (κ2) is 5.04. The number of hydrogen-bond donors (Lipinski definition) is 1. The number of carbonyl (C=O) groups excluding carboxylic acids is 1. The molecule has 0 aromatic heterocycles. The van der Waals surface area contributed by atoms with Crippen LogP contribution in [-0.2, 0) is 0 Å². The van der Waals surface area contributed by atoms with Gasteiger partial charge in [-0.25, -0.2) is 0 Å². The summed E-state index contributed by atoms with van der Waals surface area (Å²) in [5.41, 5.74) is 7.12. The Bertz CT molecular complexity index is 493. The Labute approximate surface area is 119 Å². The van der Waals surface area contributed by atoms with Gasteiger partial charge in [-0.05, 0) is 36.0 Å². The molecule has 1 heterocycles. The zero-order valence-corrected chi connectivity index (χ0v) is 12.5. The summed E-state index contributed by atoms with van der Waals surface area (Å²) in [7, 11) is 0. The number of halogens is 1. The lowest BCUT2D eigenvalue weighted by Crippen LogP contribution is -2.31. The summed E-state index contributed by atoms with van der Waals surface area (Å²) in [6.07, 6.45) is 1.06. The van der Waals surface area contributed by atoms with E-state index in [1.165, 1.54) is 0 Å². The molecule has 104 valence electrons. The lowest BCUT2D eigenvalue weighted by atomic mass is 9.80. The maximum Gasteiger partial charge on any atom is 0.255 e. The molecule has 4 heteroatoms. The maximum absolute atomic E-state index is 12.5. The molecule has 1 fully saturated rings. The van der Waals surface area contributed by atoms with Crippen LogP contribution in [-0.4, -0.2) is 23.9 Å². The van der Waals surface area contributed by atoms with Crippen molar-refractivity contribution < 1.29 is 4.79 Å². The Morgan fingerprint density at radius 2 is 2.11 bits per heavy atom. The third-order valence-electron chi connectivity index (χ3n) is 3.94. The summed E-state index contributed by atoms with van der Waals surface area (Å²) in [5.74, 6) is 0.561. The van der Waals surface area contributed by atoms with Crippen molar-refractivity contribution in [3.05, 3.63) is 28.8 Å². The van der Waals surface area contributed by atoms with Crippen molar-refractivity contribution in [1.29, 1.82) is 0 Å². The van der Waals surface area contributed by atoms with Crippen molar-refractivity contribution in [2.24, 2.45) is 11.3 Å². The smallest absolute Gasteiger partial charge is 0.255 e. The predicted octanol–water partition coefficient (Wildman–Crippen LogP) is 3.43. The minimum atomic E-state index is 0.0147. The van der Waals surface area contributed by atoms with Gasteiger partial charge in [0, 0.05) is 23.8 Å².